The second kappa shape index (κ2) is 12.4. The van der Waals surface area contributed by atoms with E-state index in [9.17, 15) is 9.59 Å². The number of hydrogen-bond donors (Lipinski definition) is 0. The van der Waals surface area contributed by atoms with Crippen molar-refractivity contribution in [1.82, 2.24) is 9.80 Å². The van der Waals surface area contributed by atoms with Gasteiger partial charge in [-0.05, 0) is 43.0 Å². The molecule has 2 amide bonds. The van der Waals surface area contributed by atoms with Crippen LogP contribution in [-0.2, 0) is 29.0 Å². The predicted molar refractivity (Wildman–Crippen MR) is 131 cm³/mol. The molecular weight excluding hydrogens is 412 g/mol. The fraction of sp³-hybridized carbons (Fsp3) is 0.286. The standard InChI is InChI=1S/C28H32N2O3/c1-3-19-29(27(31)17-15-24-10-6-4-7-11-24)22-28(32)30(21-26-16-14-23(2)33-26)20-18-25-12-8-5-9-13-25/h3-14,16H,1,15,17-22H2,2H3. The molecule has 0 N–H and O–H groups in total. The minimum Gasteiger partial charge on any atom is -0.464 e. The second-order valence-corrected chi connectivity index (χ2v) is 8.11. The summed E-state index contributed by atoms with van der Waals surface area (Å²) in [6.45, 7) is 6.93. The van der Waals surface area contributed by atoms with E-state index < -0.39 is 0 Å². The van der Waals surface area contributed by atoms with E-state index in [1.165, 1.54) is 0 Å². The van der Waals surface area contributed by atoms with Crippen LogP contribution >= 0.6 is 0 Å². The number of carbonyl (C=O) groups excluding carboxylic acids is 2. The first kappa shape index (κ1) is 24.1. The number of aryl methyl sites for hydroxylation is 2. The topological polar surface area (TPSA) is 53.8 Å². The normalized spacial score (nSPS) is 10.6. The van der Waals surface area contributed by atoms with Gasteiger partial charge in [0, 0.05) is 19.5 Å². The number of carbonyl (C=O) groups is 2. The van der Waals surface area contributed by atoms with Crippen molar-refractivity contribution in [2.75, 3.05) is 19.6 Å². The summed E-state index contributed by atoms with van der Waals surface area (Å²) in [5.41, 5.74) is 2.27. The summed E-state index contributed by atoms with van der Waals surface area (Å²) in [6.07, 6.45) is 3.39. The van der Waals surface area contributed by atoms with Gasteiger partial charge < -0.3 is 14.2 Å². The first-order valence-corrected chi connectivity index (χ1v) is 11.3. The Morgan fingerprint density at radius 3 is 2.06 bits per heavy atom. The molecule has 0 saturated heterocycles. The number of furan rings is 1. The van der Waals surface area contributed by atoms with Gasteiger partial charge in [0.1, 0.15) is 18.1 Å². The Kier molecular flexibility index (Phi) is 9.07. The SMILES string of the molecule is C=CCN(CC(=O)N(CCc1ccccc1)Cc1ccc(C)o1)C(=O)CCc1ccccc1. The molecule has 0 bridgehead atoms. The van der Waals surface area contributed by atoms with Crippen molar-refractivity contribution in [2.45, 2.75) is 32.7 Å². The third kappa shape index (κ3) is 7.79. The van der Waals surface area contributed by atoms with Crippen LogP contribution in [0, 0.1) is 6.92 Å². The Morgan fingerprint density at radius 1 is 0.848 bits per heavy atom. The van der Waals surface area contributed by atoms with Crippen LogP contribution in [-0.4, -0.2) is 41.2 Å². The average Bonchev–Trinajstić information content (AvgIpc) is 3.25. The van der Waals surface area contributed by atoms with Crippen LogP contribution in [0.5, 0.6) is 0 Å². The summed E-state index contributed by atoms with van der Waals surface area (Å²) >= 11 is 0. The minimum absolute atomic E-state index is 0.0219. The molecule has 0 saturated carbocycles. The molecule has 2 aromatic carbocycles. The Morgan fingerprint density at radius 2 is 1.48 bits per heavy atom. The molecule has 0 aliphatic rings. The third-order valence-corrected chi connectivity index (χ3v) is 5.51. The molecule has 0 radical (unpaired) electrons. The molecule has 3 rings (SSSR count). The van der Waals surface area contributed by atoms with E-state index in [1.807, 2.05) is 67.6 Å². The zero-order valence-electron chi connectivity index (χ0n) is 19.3. The molecule has 5 nitrogen and oxygen atoms in total. The second-order valence-electron chi connectivity index (χ2n) is 8.11. The maximum absolute atomic E-state index is 13.3. The zero-order chi connectivity index (χ0) is 23.5. The molecule has 3 aromatic rings. The van der Waals surface area contributed by atoms with E-state index in [-0.39, 0.29) is 18.4 Å². The first-order valence-electron chi connectivity index (χ1n) is 11.3. The average molecular weight is 445 g/mol. The van der Waals surface area contributed by atoms with Gasteiger partial charge in [-0.3, -0.25) is 9.59 Å². The van der Waals surface area contributed by atoms with Crippen LogP contribution in [0.15, 0.2) is 89.9 Å². The Labute approximate surface area is 196 Å². The molecule has 0 aliphatic heterocycles. The summed E-state index contributed by atoms with van der Waals surface area (Å²) in [5, 5.41) is 0. The number of hydrogen-bond acceptors (Lipinski definition) is 3. The van der Waals surface area contributed by atoms with Crippen molar-refractivity contribution in [3.8, 4) is 0 Å². The van der Waals surface area contributed by atoms with E-state index >= 15 is 0 Å². The molecule has 1 aromatic heterocycles. The quantitative estimate of drug-likeness (QED) is 0.377. The number of nitrogens with zero attached hydrogens (tertiary/aromatic N) is 2. The lowest BCUT2D eigenvalue weighted by atomic mass is 10.1. The van der Waals surface area contributed by atoms with E-state index in [4.69, 9.17) is 4.42 Å². The van der Waals surface area contributed by atoms with Gasteiger partial charge in [0.15, 0.2) is 0 Å². The van der Waals surface area contributed by atoms with Crippen molar-refractivity contribution in [3.63, 3.8) is 0 Å². The minimum atomic E-state index is -0.102. The highest BCUT2D eigenvalue weighted by Crippen LogP contribution is 2.12. The van der Waals surface area contributed by atoms with Crippen LogP contribution in [0.2, 0.25) is 0 Å². The molecule has 33 heavy (non-hydrogen) atoms. The molecule has 172 valence electrons. The van der Waals surface area contributed by atoms with Crippen LogP contribution in [0.4, 0.5) is 0 Å². The Hall–Kier alpha value is -3.60. The van der Waals surface area contributed by atoms with Gasteiger partial charge in [-0.15, -0.1) is 6.58 Å². The largest absolute Gasteiger partial charge is 0.464 e. The van der Waals surface area contributed by atoms with Crippen LogP contribution in [0.1, 0.15) is 29.1 Å². The van der Waals surface area contributed by atoms with Gasteiger partial charge in [-0.25, -0.2) is 0 Å². The van der Waals surface area contributed by atoms with E-state index in [0.29, 0.717) is 32.5 Å². The molecule has 0 fully saturated rings. The van der Waals surface area contributed by atoms with Crippen molar-refractivity contribution >= 4 is 11.8 Å². The molecular formula is C28H32N2O3. The van der Waals surface area contributed by atoms with Crippen molar-refractivity contribution < 1.29 is 14.0 Å². The Bertz CT molecular complexity index is 1030. The van der Waals surface area contributed by atoms with Gasteiger partial charge in [0.05, 0.1) is 6.54 Å². The first-order chi connectivity index (χ1) is 16.0. The molecule has 0 aliphatic carbocycles. The van der Waals surface area contributed by atoms with Gasteiger partial charge in [0.25, 0.3) is 0 Å². The van der Waals surface area contributed by atoms with Gasteiger partial charge in [-0.2, -0.15) is 0 Å². The maximum Gasteiger partial charge on any atom is 0.242 e. The van der Waals surface area contributed by atoms with Crippen molar-refractivity contribution in [1.29, 1.82) is 0 Å². The smallest absolute Gasteiger partial charge is 0.242 e. The van der Waals surface area contributed by atoms with E-state index in [0.717, 1.165) is 29.1 Å². The lowest BCUT2D eigenvalue weighted by Gasteiger charge is -2.27. The molecule has 0 atom stereocenters. The van der Waals surface area contributed by atoms with Crippen LogP contribution in [0.25, 0.3) is 0 Å². The van der Waals surface area contributed by atoms with Crippen LogP contribution in [0.3, 0.4) is 0 Å². The lowest BCUT2D eigenvalue weighted by Crippen LogP contribution is -2.43. The highest BCUT2D eigenvalue weighted by atomic mass is 16.3. The number of amides is 2. The fourth-order valence-electron chi connectivity index (χ4n) is 3.69. The van der Waals surface area contributed by atoms with Crippen molar-refractivity contribution in [3.05, 3.63) is 108 Å². The zero-order valence-corrected chi connectivity index (χ0v) is 19.3. The van der Waals surface area contributed by atoms with Gasteiger partial charge >= 0.3 is 0 Å². The van der Waals surface area contributed by atoms with E-state index in [2.05, 4.69) is 18.7 Å². The number of rotatable bonds is 12. The monoisotopic (exact) mass is 444 g/mol. The molecule has 0 spiro atoms. The van der Waals surface area contributed by atoms with E-state index in [1.54, 1.807) is 15.9 Å². The number of benzene rings is 2. The summed E-state index contributed by atoms with van der Waals surface area (Å²) in [7, 11) is 0. The summed E-state index contributed by atoms with van der Waals surface area (Å²) in [6, 6.07) is 23.8. The lowest BCUT2D eigenvalue weighted by molar-refractivity contribution is -0.140. The highest BCUT2D eigenvalue weighted by Gasteiger charge is 2.21. The Balaban J connectivity index is 1.65. The van der Waals surface area contributed by atoms with Gasteiger partial charge in [0.2, 0.25) is 11.8 Å². The summed E-state index contributed by atoms with van der Waals surface area (Å²) < 4.78 is 5.71. The third-order valence-electron chi connectivity index (χ3n) is 5.51. The fourth-order valence-corrected chi connectivity index (χ4v) is 3.69. The summed E-state index contributed by atoms with van der Waals surface area (Å²) in [4.78, 5) is 29.5. The van der Waals surface area contributed by atoms with Crippen LogP contribution < -0.4 is 0 Å². The molecule has 5 heteroatoms. The highest BCUT2D eigenvalue weighted by molar-refractivity contribution is 5.85. The van der Waals surface area contributed by atoms with Crippen molar-refractivity contribution in [2.24, 2.45) is 0 Å². The molecule has 1 heterocycles. The molecule has 0 unspecified atom stereocenters. The maximum atomic E-state index is 13.3. The van der Waals surface area contributed by atoms with Gasteiger partial charge in [-0.1, -0.05) is 66.7 Å². The predicted octanol–water partition coefficient (Wildman–Crippen LogP) is 4.81. The summed E-state index contributed by atoms with van der Waals surface area (Å²) in [5.74, 6) is 1.39.